The van der Waals surface area contributed by atoms with Gasteiger partial charge in [0.2, 0.25) is 5.95 Å². The Bertz CT molecular complexity index is 1470. The van der Waals surface area contributed by atoms with Gasteiger partial charge in [-0.15, -0.1) is 0 Å². The minimum absolute atomic E-state index is 0.0572. The molecule has 0 amide bonds. The molecule has 8 nitrogen and oxygen atoms in total. The molecule has 164 valence electrons. The van der Waals surface area contributed by atoms with E-state index in [1.54, 1.807) is 18.2 Å². The van der Waals surface area contributed by atoms with Gasteiger partial charge in [0, 0.05) is 25.2 Å². The third kappa shape index (κ3) is 3.69. The van der Waals surface area contributed by atoms with Crippen molar-refractivity contribution < 1.29 is 8.78 Å². The minimum atomic E-state index is -0.596. The van der Waals surface area contributed by atoms with Crippen molar-refractivity contribution in [3.63, 3.8) is 0 Å². The van der Waals surface area contributed by atoms with Gasteiger partial charge >= 0.3 is 5.69 Å². The lowest BCUT2D eigenvalue weighted by molar-refractivity contribution is 0.601. The van der Waals surface area contributed by atoms with Crippen LogP contribution in [0.15, 0.2) is 57.2 Å². The Balaban J connectivity index is 1.86. The van der Waals surface area contributed by atoms with Crippen LogP contribution in [0, 0.1) is 11.6 Å². The Labute approximate surface area is 185 Å². The van der Waals surface area contributed by atoms with E-state index >= 15 is 0 Å². The van der Waals surface area contributed by atoms with Gasteiger partial charge in [0.25, 0.3) is 5.56 Å². The van der Waals surface area contributed by atoms with E-state index in [1.165, 1.54) is 53.7 Å². The molecule has 2 aromatic heterocycles. The maximum absolute atomic E-state index is 14.3. The molecule has 0 radical (unpaired) electrons. The van der Waals surface area contributed by atoms with Crippen LogP contribution in [0.4, 0.5) is 14.7 Å². The molecule has 4 rings (SSSR count). The second-order valence-corrected chi connectivity index (χ2v) is 7.40. The SMILES string of the molecule is Cn1c(=O)c2c(nc(NN=Cc3c(F)cccc3Cl)n2Cc2ccccc2F)n(C)c1=O. The fraction of sp³-hybridized carbons (Fsp3) is 0.143. The zero-order valence-corrected chi connectivity index (χ0v) is 17.8. The van der Waals surface area contributed by atoms with Crippen LogP contribution < -0.4 is 16.7 Å². The molecule has 0 saturated carbocycles. The highest BCUT2D eigenvalue weighted by atomic mass is 35.5. The summed E-state index contributed by atoms with van der Waals surface area (Å²) in [6, 6.07) is 10.3. The van der Waals surface area contributed by atoms with Gasteiger partial charge in [-0.05, 0) is 18.2 Å². The van der Waals surface area contributed by atoms with Crippen LogP contribution in [0.3, 0.4) is 0 Å². The molecule has 2 heterocycles. The number of fused-ring (bicyclic) bond motifs is 1. The molecule has 11 heteroatoms. The summed E-state index contributed by atoms with van der Waals surface area (Å²) < 4.78 is 31.9. The first-order valence-corrected chi connectivity index (χ1v) is 9.80. The van der Waals surface area contributed by atoms with Crippen LogP contribution in [0.5, 0.6) is 0 Å². The van der Waals surface area contributed by atoms with Crippen molar-refractivity contribution in [1.82, 2.24) is 18.7 Å². The number of aryl methyl sites for hydroxylation is 1. The van der Waals surface area contributed by atoms with Gasteiger partial charge in [0.05, 0.1) is 17.8 Å². The lowest BCUT2D eigenvalue weighted by Crippen LogP contribution is -2.37. The summed E-state index contributed by atoms with van der Waals surface area (Å²) in [6.45, 7) is -0.0606. The molecule has 1 N–H and O–H groups in total. The average Bonchev–Trinajstić information content (AvgIpc) is 3.12. The molecule has 0 unspecified atom stereocenters. The van der Waals surface area contributed by atoms with Gasteiger partial charge in [-0.3, -0.25) is 18.5 Å². The van der Waals surface area contributed by atoms with Gasteiger partial charge in [0.15, 0.2) is 11.2 Å². The Morgan fingerprint density at radius 2 is 1.78 bits per heavy atom. The third-order valence-corrected chi connectivity index (χ3v) is 5.32. The first kappa shape index (κ1) is 21.4. The maximum atomic E-state index is 14.3. The monoisotopic (exact) mass is 458 g/mol. The van der Waals surface area contributed by atoms with E-state index in [4.69, 9.17) is 11.6 Å². The van der Waals surface area contributed by atoms with E-state index < -0.39 is 22.9 Å². The van der Waals surface area contributed by atoms with E-state index in [0.29, 0.717) is 5.56 Å². The zero-order chi connectivity index (χ0) is 23.0. The molecule has 0 saturated heterocycles. The first-order valence-electron chi connectivity index (χ1n) is 9.42. The molecule has 0 aliphatic heterocycles. The Kier molecular flexibility index (Phi) is 5.62. The number of hydrogen-bond donors (Lipinski definition) is 1. The highest BCUT2D eigenvalue weighted by Crippen LogP contribution is 2.20. The zero-order valence-electron chi connectivity index (χ0n) is 17.0. The fourth-order valence-electron chi connectivity index (χ4n) is 3.27. The predicted octanol–water partition coefficient (Wildman–Crippen LogP) is 2.86. The van der Waals surface area contributed by atoms with E-state index in [2.05, 4.69) is 15.5 Å². The fourth-order valence-corrected chi connectivity index (χ4v) is 3.48. The summed E-state index contributed by atoms with van der Waals surface area (Å²) >= 11 is 6.00. The lowest BCUT2D eigenvalue weighted by atomic mass is 10.2. The van der Waals surface area contributed by atoms with Gasteiger partial charge in [0.1, 0.15) is 11.6 Å². The molecular weight excluding hydrogens is 442 g/mol. The number of hydrazone groups is 1. The summed E-state index contributed by atoms with van der Waals surface area (Å²) in [6.07, 6.45) is 1.17. The quantitative estimate of drug-likeness (QED) is 0.368. The molecular formula is C21H17ClF2N6O2. The van der Waals surface area contributed by atoms with Crippen LogP contribution in [0.1, 0.15) is 11.1 Å². The van der Waals surface area contributed by atoms with Crippen LogP contribution in [-0.4, -0.2) is 24.9 Å². The molecule has 0 bridgehead atoms. The number of aromatic nitrogens is 4. The third-order valence-electron chi connectivity index (χ3n) is 4.99. The second kappa shape index (κ2) is 8.39. The number of halogens is 3. The number of rotatable bonds is 5. The summed E-state index contributed by atoms with van der Waals surface area (Å²) in [5.74, 6) is -0.979. The standard InChI is InChI=1S/C21H17ClF2N6O2/c1-28-18-17(19(31)29(2)21(28)32)30(11-12-6-3-4-8-15(12)23)20(26-18)27-25-10-13-14(22)7-5-9-16(13)24/h3-10H,11H2,1-2H3,(H,26,27). The van der Waals surface area contributed by atoms with Crippen LogP contribution >= 0.6 is 11.6 Å². The van der Waals surface area contributed by atoms with E-state index in [9.17, 15) is 18.4 Å². The summed E-state index contributed by atoms with van der Waals surface area (Å²) in [7, 11) is 2.81. The number of nitrogens with zero attached hydrogens (tertiary/aromatic N) is 5. The van der Waals surface area contributed by atoms with E-state index in [0.717, 1.165) is 4.57 Å². The summed E-state index contributed by atoms with van der Waals surface area (Å²) in [4.78, 5) is 29.5. The number of benzene rings is 2. The molecule has 4 aromatic rings. The molecule has 2 aromatic carbocycles. The van der Waals surface area contributed by atoms with Gasteiger partial charge in [-0.2, -0.15) is 10.1 Å². The van der Waals surface area contributed by atoms with Gasteiger partial charge < -0.3 is 0 Å². The molecule has 32 heavy (non-hydrogen) atoms. The normalized spacial score (nSPS) is 11.5. The summed E-state index contributed by atoms with van der Waals surface area (Å²) in [5, 5.41) is 4.14. The Morgan fingerprint density at radius 3 is 2.50 bits per heavy atom. The number of hydrogen-bond acceptors (Lipinski definition) is 5. The van der Waals surface area contributed by atoms with Crippen LogP contribution in [-0.2, 0) is 20.6 Å². The van der Waals surface area contributed by atoms with Crippen molar-refractivity contribution >= 4 is 34.9 Å². The highest BCUT2D eigenvalue weighted by Gasteiger charge is 2.20. The lowest BCUT2D eigenvalue weighted by Gasteiger charge is -2.10. The largest absolute Gasteiger partial charge is 0.332 e. The minimum Gasteiger partial charge on any atom is -0.298 e. The maximum Gasteiger partial charge on any atom is 0.332 e. The topological polar surface area (TPSA) is 86.2 Å². The molecule has 0 aliphatic carbocycles. The van der Waals surface area contributed by atoms with Crippen molar-refractivity contribution in [2.75, 3.05) is 5.43 Å². The van der Waals surface area contributed by atoms with Crippen LogP contribution in [0.2, 0.25) is 5.02 Å². The molecule has 0 atom stereocenters. The summed E-state index contributed by atoms with van der Waals surface area (Å²) in [5.41, 5.74) is 2.02. The smallest absolute Gasteiger partial charge is 0.298 e. The average molecular weight is 459 g/mol. The Morgan fingerprint density at radius 1 is 1.06 bits per heavy atom. The number of nitrogens with one attached hydrogen (secondary N) is 1. The molecule has 0 fully saturated rings. The molecule has 0 aliphatic rings. The van der Waals surface area contributed by atoms with E-state index in [-0.39, 0.29) is 34.2 Å². The highest BCUT2D eigenvalue weighted by molar-refractivity contribution is 6.33. The van der Waals surface area contributed by atoms with Crippen LogP contribution in [0.25, 0.3) is 11.2 Å². The van der Waals surface area contributed by atoms with E-state index in [1.807, 2.05) is 0 Å². The van der Waals surface area contributed by atoms with Crippen molar-refractivity contribution in [2.24, 2.45) is 19.2 Å². The predicted molar refractivity (Wildman–Crippen MR) is 118 cm³/mol. The van der Waals surface area contributed by atoms with Crippen molar-refractivity contribution in [3.8, 4) is 0 Å². The first-order chi connectivity index (χ1) is 15.3. The Hall–Kier alpha value is -3.79. The number of anilines is 1. The van der Waals surface area contributed by atoms with Crippen molar-refractivity contribution in [2.45, 2.75) is 6.54 Å². The second-order valence-electron chi connectivity index (χ2n) is 7.00. The van der Waals surface area contributed by atoms with Crippen molar-refractivity contribution in [3.05, 3.63) is 91.1 Å². The van der Waals surface area contributed by atoms with Gasteiger partial charge in [-0.25, -0.2) is 19.0 Å². The molecule has 0 spiro atoms. The van der Waals surface area contributed by atoms with Gasteiger partial charge in [-0.1, -0.05) is 35.9 Å². The number of imidazole rings is 1. The van der Waals surface area contributed by atoms with Crippen molar-refractivity contribution in [1.29, 1.82) is 0 Å².